The van der Waals surface area contributed by atoms with Crippen molar-refractivity contribution in [2.45, 2.75) is 38.8 Å². The molecular weight excluding hydrogens is 365 g/mol. The van der Waals surface area contributed by atoms with E-state index >= 15 is 0 Å². The third-order valence-electron chi connectivity index (χ3n) is 4.30. The molecule has 1 N–H and O–H groups in total. The number of ether oxygens (including phenoxy) is 1. The minimum absolute atomic E-state index is 0.0113. The lowest BCUT2D eigenvalue weighted by molar-refractivity contribution is -0.297. The van der Waals surface area contributed by atoms with Crippen LogP contribution < -0.4 is 4.74 Å². The van der Waals surface area contributed by atoms with Crippen molar-refractivity contribution in [1.29, 1.82) is 0 Å². The second-order valence-electron chi connectivity index (χ2n) is 6.23. The standard InChI is InChI=1S/C18H17F3N2O4/c1-11-3-4-13(9-12(11)2)26-10-14-5-6-15(27-14)16(24)23-17(25,7-8-22-23)18(19,20)21/h3-6,8-9,25H,7,10H2,1-2H3/t17-/m0/s1. The zero-order valence-corrected chi connectivity index (χ0v) is 14.6. The number of amides is 1. The van der Waals surface area contributed by atoms with Gasteiger partial charge in [0.1, 0.15) is 18.1 Å². The summed E-state index contributed by atoms with van der Waals surface area (Å²) in [5.74, 6) is -0.732. The molecule has 0 fully saturated rings. The number of carbonyl (C=O) groups is 1. The van der Waals surface area contributed by atoms with Gasteiger partial charge in [0, 0.05) is 12.6 Å². The molecule has 0 radical (unpaired) electrons. The lowest BCUT2D eigenvalue weighted by atomic mass is 10.1. The lowest BCUT2D eigenvalue weighted by Crippen LogP contribution is -2.56. The largest absolute Gasteiger partial charge is 0.486 e. The molecule has 27 heavy (non-hydrogen) atoms. The minimum atomic E-state index is -5.05. The SMILES string of the molecule is Cc1ccc(OCc2ccc(C(=O)N3N=CC[C@]3(O)C(F)(F)F)o2)cc1C. The summed E-state index contributed by atoms with van der Waals surface area (Å²) in [6.07, 6.45) is -5.06. The molecule has 0 aliphatic carbocycles. The second-order valence-corrected chi connectivity index (χ2v) is 6.23. The van der Waals surface area contributed by atoms with Crippen LogP contribution in [-0.4, -0.2) is 34.1 Å². The normalized spacial score (nSPS) is 19.6. The average molecular weight is 382 g/mol. The summed E-state index contributed by atoms with van der Waals surface area (Å²) in [5.41, 5.74) is -1.23. The summed E-state index contributed by atoms with van der Waals surface area (Å²) in [6, 6.07) is 8.14. The number of aliphatic hydroxyl groups is 1. The fourth-order valence-corrected chi connectivity index (χ4v) is 2.52. The number of nitrogens with zero attached hydrogens (tertiary/aromatic N) is 2. The van der Waals surface area contributed by atoms with Crippen LogP contribution >= 0.6 is 0 Å². The van der Waals surface area contributed by atoms with E-state index in [0.717, 1.165) is 17.3 Å². The summed E-state index contributed by atoms with van der Waals surface area (Å²) < 4.78 is 50.0. The van der Waals surface area contributed by atoms with Gasteiger partial charge in [-0.05, 0) is 49.2 Å². The highest BCUT2D eigenvalue weighted by Gasteiger charge is 2.61. The molecule has 0 bridgehead atoms. The van der Waals surface area contributed by atoms with Crippen molar-refractivity contribution in [3.8, 4) is 5.75 Å². The van der Waals surface area contributed by atoms with Crippen LogP contribution in [0, 0.1) is 13.8 Å². The lowest BCUT2D eigenvalue weighted by Gasteiger charge is -2.31. The first-order valence-corrected chi connectivity index (χ1v) is 8.07. The van der Waals surface area contributed by atoms with E-state index in [2.05, 4.69) is 5.10 Å². The number of alkyl halides is 3. The zero-order chi connectivity index (χ0) is 19.8. The molecule has 1 amide bonds. The molecule has 1 aliphatic heterocycles. The molecule has 1 aliphatic rings. The molecule has 2 heterocycles. The van der Waals surface area contributed by atoms with Gasteiger partial charge in [0.2, 0.25) is 0 Å². The van der Waals surface area contributed by atoms with Crippen molar-refractivity contribution in [2.24, 2.45) is 5.10 Å². The number of hydrazone groups is 1. The van der Waals surface area contributed by atoms with E-state index in [9.17, 15) is 23.1 Å². The van der Waals surface area contributed by atoms with E-state index in [1.54, 1.807) is 6.07 Å². The molecule has 0 saturated carbocycles. The molecule has 144 valence electrons. The molecule has 0 saturated heterocycles. The summed E-state index contributed by atoms with van der Waals surface area (Å²) in [6.45, 7) is 3.89. The number of benzene rings is 1. The molecule has 9 heteroatoms. The maximum Gasteiger partial charge on any atom is 0.438 e. The van der Waals surface area contributed by atoms with Crippen LogP contribution in [0.2, 0.25) is 0 Å². The molecule has 6 nitrogen and oxygen atoms in total. The Morgan fingerprint density at radius 1 is 1.30 bits per heavy atom. The Kier molecular flexibility index (Phi) is 4.73. The topological polar surface area (TPSA) is 75.3 Å². The van der Waals surface area contributed by atoms with Crippen molar-refractivity contribution in [3.05, 3.63) is 53.0 Å². The average Bonchev–Trinajstić information content (AvgIpc) is 3.22. The van der Waals surface area contributed by atoms with Gasteiger partial charge in [0.15, 0.2) is 5.76 Å². The Morgan fingerprint density at radius 2 is 2.04 bits per heavy atom. The molecule has 0 unspecified atom stereocenters. The number of halogens is 3. The molecule has 1 aromatic heterocycles. The summed E-state index contributed by atoms with van der Waals surface area (Å²) in [5, 5.41) is 13.2. The molecule has 0 spiro atoms. The number of hydrogen-bond acceptors (Lipinski definition) is 5. The van der Waals surface area contributed by atoms with Crippen LogP contribution in [-0.2, 0) is 6.61 Å². The van der Waals surface area contributed by atoms with Crippen molar-refractivity contribution in [1.82, 2.24) is 5.01 Å². The Hall–Kier alpha value is -2.81. The van der Waals surface area contributed by atoms with Gasteiger partial charge in [-0.2, -0.15) is 23.3 Å². The smallest absolute Gasteiger partial charge is 0.438 e. The minimum Gasteiger partial charge on any atom is -0.486 e. The quantitative estimate of drug-likeness (QED) is 0.877. The number of carbonyl (C=O) groups excluding carboxylic acids is 1. The second kappa shape index (κ2) is 6.73. The van der Waals surface area contributed by atoms with Gasteiger partial charge >= 0.3 is 12.1 Å². The van der Waals surface area contributed by atoms with Gasteiger partial charge in [-0.1, -0.05) is 6.07 Å². The predicted molar refractivity (Wildman–Crippen MR) is 89.2 cm³/mol. The third-order valence-corrected chi connectivity index (χ3v) is 4.30. The zero-order valence-electron chi connectivity index (χ0n) is 14.6. The number of furan rings is 1. The van der Waals surface area contributed by atoms with Crippen molar-refractivity contribution in [2.75, 3.05) is 0 Å². The van der Waals surface area contributed by atoms with Gasteiger partial charge < -0.3 is 14.3 Å². The molecular formula is C18H17F3N2O4. The highest BCUT2D eigenvalue weighted by molar-refractivity contribution is 5.93. The summed E-state index contributed by atoms with van der Waals surface area (Å²) >= 11 is 0. The highest BCUT2D eigenvalue weighted by Crippen LogP contribution is 2.39. The van der Waals surface area contributed by atoms with E-state index in [1.807, 2.05) is 26.0 Å². The van der Waals surface area contributed by atoms with Crippen molar-refractivity contribution < 1.29 is 32.2 Å². The van der Waals surface area contributed by atoms with Gasteiger partial charge in [-0.3, -0.25) is 4.79 Å². The van der Waals surface area contributed by atoms with Crippen LogP contribution in [0.5, 0.6) is 5.75 Å². The Morgan fingerprint density at radius 3 is 2.70 bits per heavy atom. The first kappa shape index (κ1) is 19.0. The van der Waals surface area contributed by atoms with Crippen molar-refractivity contribution in [3.63, 3.8) is 0 Å². The van der Waals surface area contributed by atoms with E-state index < -0.39 is 24.2 Å². The highest BCUT2D eigenvalue weighted by atomic mass is 19.4. The Bertz CT molecular complexity index is 891. The van der Waals surface area contributed by atoms with E-state index in [1.165, 1.54) is 12.1 Å². The number of aryl methyl sites for hydroxylation is 2. The van der Waals surface area contributed by atoms with Gasteiger partial charge in [-0.25, -0.2) is 0 Å². The van der Waals surface area contributed by atoms with E-state index in [-0.39, 0.29) is 23.1 Å². The van der Waals surface area contributed by atoms with Crippen LogP contribution in [0.4, 0.5) is 13.2 Å². The van der Waals surface area contributed by atoms with Gasteiger partial charge in [0.05, 0.1) is 0 Å². The fraction of sp³-hybridized carbons (Fsp3) is 0.333. The first-order valence-electron chi connectivity index (χ1n) is 8.07. The molecule has 1 atom stereocenters. The maximum absolute atomic E-state index is 13.1. The maximum atomic E-state index is 13.1. The summed E-state index contributed by atoms with van der Waals surface area (Å²) in [4.78, 5) is 12.3. The fourth-order valence-electron chi connectivity index (χ4n) is 2.52. The molecule has 2 aromatic rings. The molecule has 3 rings (SSSR count). The first-order chi connectivity index (χ1) is 12.6. The van der Waals surface area contributed by atoms with Gasteiger partial charge in [-0.15, -0.1) is 0 Å². The van der Waals surface area contributed by atoms with Crippen LogP contribution in [0.15, 0.2) is 39.9 Å². The van der Waals surface area contributed by atoms with Crippen LogP contribution in [0.3, 0.4) is 0 Å². The van der Waals surface area contributed by atoms with Crippen LogP contribution in [0.1, 0.15) is 33.9 Å². The molecule has 1 aromatic carbocycles. The van der Waals surface area contributed by atoms with E-state index in [0.29, 0.717) is 5.75 Å². The third kappa shape index (κ3) is 3.55. The summed E-state index contributed by atoms with van der Waals surface area (Å²) in [7, 11) is 0. The number of hydrogen-bond donors (Lipinski definition) is 1. The van der Waals surface area contributed by atoms with E-state index in [4.69, 9.17) is 9.15 Å². The van der Waals surface area contributed by atoms with Crippen molar-refractivity contribution >= 4 is 12.1 Å². The Labute approximate surface area is 152 Å². The Balaban J connectivity index is 1.70. The van der Waals surface area contributed by atoms with Crippen LogP contribution in [0.25, 0.3) is 0 Å². The predicted octanol–water partition coefficient (Wildman–Crippen LogP) is 3.56. The van der Waals surface area contributed by atoms with Gasteiger partial charge in [0.25, 0.3) is 5.72 Å². The number of rotatable bonds is 4. The monoisotopic (exact) mass is 382 g/mol.